The summed E-state index contributed by atoms with van der Waals surface area (Å²) >= 11 is 0. The summed E-state index contributed by atoms with van der Waals surface area (Å²) in [5, 5.41) is 9.24. The molecule has 0 aliphatic carbocycles. The summed E-state index contributed by atoms with van der Waals surface area (Å²) in [4.78, 5) is 40.2. The van der Waals surface area contributed by atoms with E-state index in [0.29, 0.717) is 0 Å². The molecular weight excluding hydrogens is 236 g/mol. The monoisotopic (exact) mass is 248 g/mol. The summed E-state index contributed by atoms with van der Waals surface area (Å²) in [5.74, 6) is -2.46. The van der Waals surface area contributed by atoms with Crippen LogP contribution in [-0.2, 0) is 4.79 Å². The van der Waals surface area contributed by atoms with Crippen molar-refractivity contribution >= 4 is 17.8 Å². The Morgan fingerprint density at radius 2 is 2.11 bits per heavy atom. The highest BCUT2D eigenvalue weighted by molar-refractivity contribution is 6.22. The molecule has 6 nitrogen and oxygen atoms in total. The molecule has 1 N–H and O–H groups in total. The van der Waals surface area contributed by atoms with Gasteiger partial charge in [0.05, 0.1) is 5.56 Å². The molecule has 1 aliphatic rings. The summed E-state index contributed by atoms with van der Waals surface area (Å²) < 4.78 is 0. The third kappa shape index (κ3) is 1.42. The van der Waals surface area contributed by atoms with Crippen LogP contribution in [0.4, 0.5) is 0 Å². The van der Waals surface area contributed by atoms with E-state index in [0.717, 1.165) is 4.90 Å². The van der Waals surface area contributed by atoms with Crippen molar-refractivity contribution in [2.45, 2.75) is 25.8 Å². The molecule has 0 saturated heterocycles. The van der Waals surface area contributed by atoms with Crippen LogP contribution in [0.2, 0.25) is 0 Å². The van der Waals surface area contributed by atoms with Crippen molar-refractivity contribution < 1.29 is 19.5 Å². The van der Waals surface area contributed by atoms with Crippen LogP contribution in [0, 0.1) is 0 Å². The number of pyridine rings is 1. The number of carbonyl (C=O) groups is 3. The van der Waals surface area contributed by atoms with Gasteiger partial charge in [-0.15, -0.1) is 0 Å². The zero-order valence-electron chi connectivity index (χ0n) is 10.0. The van der Waals surface area contributed by atoms with E-state index in [1.165, 1.54) is 25.3 Å². The summed E-state index contributed by atoms with van der Waals surface area (Å²) in [5.41, 5.74) is -1.37. The van der Waals surface area contributed by atoms with Gasteiger partial charge in [0, 0.05) is 6.20 Å². The van der Waals surface area contributed by atoms with Crippen LogP contribution < -0.4 is 0 Å². The largest absolute Gasteiger partial charge is 0.479 e. The van der Waals surface area contributed by atoms with Gasteiger partial charge < -0.3 is 5.11 Å². The molecule has 0 aromatic carbocycles. The van der Waals surface area contributed by atoms with E-state index in [9.17, 15) is 19.5 Å². The number of imide groups is 1. The summed E-state index contributed by atoms with van der Waals surface area (Å²) in [7, 11) is 0. The number of carboxylic acid groups (broad SMARTS) is 1. The highest BCUT2D eigenvalue weighted by Gasteiger charge is 2.50. The molecule has 2 heterocycles. The van der Waals surface area contributed by atoms with Gasteiger partial charge in [-0.1, -0.05) is 6.92 Å². The van der Waals surface area contributed by atoms with Gasteiger partial charge >= 0.3 is 5.97 Å². The molecule has 2 amide bonds. The minimum atomic E-state index is -1.55. The van der Waals surface area contributed by atoms with Gasteiger partial charge in [-0.05, 0) is 25.5 Å². The van der Waals surface area contributed by atoms with Gasteiger partial charge in [0.25, 0.3) is 11.8 Å². The minimum Gasteiger partial charge on any atom is -0.479 e. The molecule has 1 aliphatic heterocycles. The molecule has 0 saturated carbocycles. The van der Waals surface area contributed by atoms with Crippen LogP contribution in [0.15, 0.2) is 18.3 Å². The van der Waals surface area contributed by atoms with Crippen LogP contribution in [0.25, 0.3) is 0 Å². The smallest absolute Gasteiger partial charge is 0.329 e. The Hall–Kier alpha value is -2.24. The zero-order chi connectivity index (χ0) is 13.5. The van der Waals surface area contributed by atoms with Crippen molar-refractivity contribution in [1.29, 1.82) is 0 Å². The minimum absolute atomic E-state index is 0.0171. The van der Waals surface area contributed by atoms with Crippen molar-refractivity contribution in [1.82, 2.24) is 9.88 Å². The van der Waals surface area contributed by atoms with Crippen molar-refractivity contribution in [3.63, 3.8) is 0 Å². The molecule has 0 bridgehead atoms. The maximum Gasteiger partial charge on any atom is 0.329 e. The molecule has 1 aromatic heterocycles. The SMILES string of the molecule is CCC(C)(C(=O)O)N1C(=O)c2cccnc2C1=O. The lowest BCUT2D eigenvalue weighted by Crippen LogP contribution is -2.54. The van der Waals surface area contributed by atoms with Crippen molar-refractivity contribution in [3.05, 3.63) is 29.6 Å². The predicted molar refractivity (Wildman–Crippen MR) is 61.1 cm³/mol. The Bertz CT molecular complexity index is 520. The highest BCUT2D eigenvalue weighted by Crippen LogP contribution is 2.30. The number of aromatic nitrogens is 1. The Morgan fingerprint density at radius 1 is 1.44 bits per heavy atom. The molecule has 94 valence electrons. The van der Waals surface area contributed by atoms with Gasteiger partial charge in [-0.25, -0.2) is 4.79 Å². The van der Waals surface area contributed by atoms with Crippen LogP contribution in [0.1, 0.15) is 41.1 Å². The molecule has 2 rings (SSSR count). The molecule has 1 unspecified atom stereocenters. The lowest BCUT2D eigenvalue weighted by Gasteiger charge is -2.31. The molecule has 0 fully saturated rings. The van der Waals surface area contributed by atoms with Crippen LogP contribution in [0.3, 0.4) is 0 Å². The Morgan fingerprint density at radius 3 is 2.61 bits per heavy atom. The molecule has 18 heavy (non-hydrogen) atoms. The van der Waals surface area contributed by atoms with Gasteiger partial charge in [0.2, 0.25) is 0 Å². The fourth-order valence-electron chi connectivity index (χ4n) is 1.92. The second-order valence-corrected chi connectivity index (χ2v) is 4.28. The Balaban J connectivity index is 2.55. The second-order valence-electron chi connectivity index (χ2n) is 4.28. The van der Waals surface area contributed by atoms with Crippen LogP contribution >= 0.6 is 0 Å². The highest BCUT2D eigenvalue weighted by atomic mass is 16.4. The van der Waals surface area contributed by atoms with Gasteiger partial charge in [-0.2, -0.15) is 0 Å². The number of fused-ring (bicyclic) bond motifs is 1. The first-order chi connectivity index (χ1) is 8.43. The average Bonchev–Trinajstić information content (AvgIpc) is 2.62. The van der Waals surface area contributed by atoms with Crippen LogP contribution in [0.5, 0.6) is 0 Å². The molecule has 1 atom stereocenters. The summed E-state index contributed by atoms with van der Waals surface area (Å²) in [6, 6.07) is 3.01. The molecule has 1 aromatic rings. The maximum atomic E-state index is 12.1. The van der Waals surface area contributed by atoms with Crippen molar-refractivity contribution in [3.8, 4) is 0 Å². The topological polar surface area (TPSA) is 87.6 Å². The Kier molecular flexibility index (Phi) is 2.65. The van der Waals surface area contributed by atoms with Crippen LogP contribution in [-0.4, -0.2) is 38.3 Å². The molecule has 0 spiro atoms. The second kappa shape index (κ2) is 3.90. The number of carboxylic acids is 1. The molecular formula is C12H12N2O4. The number of amides is 2. The molecule has 0 radical (unpaired) electrons. The predicted octanol–water partition coefficient (Wildman–Crippen LogP) is 0.931. The normalized spacial score (nSPS) is 17.6. The fraction of sp³-hybridized carbons (Fsp3) is 0.333. The standard InChI is InChI=1S/C12H12N2O4/c1-3-12(2,11(17)18)14-9(15)7-5-4-6-13-8(7)10(14)16/h4-6H,3H2,1-2H3,(H,17,18). The maximum absolute atomic E-state index is 12.1. The van der Waals surface area contributed by atoms with Gasteiger partial charge in [0.1, 0.15) is 11.2 Å². The number of rotatable bonds is 3. The first-order valence-corrected chi connectivity index (χ1v) is 5.50. The number of carbonyl (C=O) groups excluding carboxylic acids is 2. The van der Waals surface area contributed by atoms with E-state index >= 15 is 0 Å². The lowest BCUT2D eigenvalue weighted by molar-refractivity contribution is -0.147. The third-order valence-electron chi connectivity index (χ3n) is 3.29. The van der Waals surface area contributed by atoms with E-state index in [-0.39, 0.29) is 17.7 Å². The zero-order valence-corrected chi connectivity index (χ0v) is 10.0. The lowest BCUT2D eigenvalue weighted by atomic mass is 9.97. The van der Waals surface area contributed by atoms with E-state index in [2.05, 4.69) is 4.98 Å². The third-order valence-corrected chi connectivity index (χ3v) is 3.29. The first-order valence-electron chi connectivity index (χ1n) is 5.50. The van der Waals surface area contributed by atoms with E-state index in [1.54, 1.807) is 6.92 Å². The molecule has 6 heteroatoms. The van der Waals surface area contributed by atoms with Crippen molar-refractivity contribution in [2.75, 3.05) is 0 Å². The summed E-state index contributed by atoms with van der Waals surface area (Å²) in [6.07, 6.45) is 1.53. The number of aliphatic carboxylic acids is 1. The average molecular weight is 248 g/mol. The number of hydrogen-bond donors (Lipinski definition) is 1. The van der Waals surface area contributed by atoms with Gasteiger partial charge in [0.15, 0.2) is 0 Å². The van der Waals surface area contributed by atoms with E-state index in [4.69, 9.17) is 0 Å². The number of nitrogens with zero attached hydrogens (tertiary/aromatic N) is 2. The summed E-state index contributed by atoms with van der Waals surface area (Å²) in [6.45, 7) is 2.97. The van der Waals surface area contributed by atoms with Crippen molar-refractivity contribution in [2.24, 2.45) is 0 Å². The fourth-order valence-corrected chi connectivity index (χ4v) is 1.92. The van der Waals surface area contributed by atoms with E-state index in [1.807, 2.05) is 0 Å². The Labute approximate surface area is 103 Å². The van der Waals surface area contributed by atoms with Gasteiger partial charge in [-0.3, -0.25) is 19.5 Å². The number of hydrogen-bond acceptors (Lipinski definition) is 4. The first kappa shape index (κ1) is 12.2. The van der Waals surface area contributed by atoms with E-state index < -0.39 is 23.3 Å². The quantitative estimate of drug-likeness (QED) is 0.804.